The average molecular weight is 307 g/mol. The minimum atomic E-state index is 0.369. The van der Waals surface area contributed by atoms with Crippen molar-refractivity contribution >= 4 is 33.3 Å². The summed E-state index contributed by atoms with van der Waals surface area (Å²) in [4.78, 5) is 11.2. The standard InChI is InChI=1S/C15H25N5S/c1-5-9(3)7-10(4)17-13-12-8-11(6-2)21-14(12)19-15(18-13)20-16/h8-10H,5-7,16H2,1-4H3,(H2,17,18,19,20). The number of hydrazine groups is 1. The number of fused-ring (bicyclic) bond motifs is 1. The van der Waals surface area contributed by atoms with Gasteiger partial charge in [-0.3, -0.25) is 5.43 Å². The molecule has 0 radical (unpaired) electrons. The number of anilines is 2. The molecule has 116 valence electrons. The molecule has 0 spiro atoms. The van der Waals surface area contributed by atoms with Gasteiger partial charge in [0.05, 0.1) is 5.39 Å². The Labute approximate surface area is 130 Å². The maximum Gasteiger partial charge on any atom is 0.240 e. The number of nitrogens with zero attached hydrogens (tertiary/aromatic N) is 2. The Morgan fingerprint density at radius 3 is 2.67 bits per heavy atom. The SMILES string of the molecule is CCc1cc2c(NC(C)CC(C)CC)nc(NN)nc2s1. The Bertz CT molecular complexity index is 595. The van der Waals surface area contributed by atoms with E-state index in [-0.39, 0.29) is 0 Å². The third kappa shape index (κ3) is 3.83. The van der Waals surface area contributed by atoms with E-state index in [0.717, 1.165) is 28.9 Å². The summed E-state index contributed by atoms with van der Waals surface area (Å²) in [7, 11) is 0. The molecule has 2 aromatic rings. The van der Waals surface area contributed by atoms with Crippen LogP contribution in [-0.2, 0) is 6.42 Å². The van der Waals surface area contributed by atoms with Crippen LogP contribution >= 0.6 is 11.3 Å². The fourth-order valence-corrected chi connectivity index (χ4v) is 3.35. The van der Waals surface area contributed by atoms with Gasteiger partial charge in [-0.1, -0.05) is 27.2 Å². The fraction of sp³-hybridized carbons (Fsp3) is 0.600. The Morgan fingerprint density at radius 2 is 2.05 bits per heavy atom. The molecule has 0 amide bonds. The molecule has 2 heterocycles. The summed E-state index contributed by atoms with van der Waals surface area (Å²) in [5.41, 5.74) is 2.56. The van der Waals surface area contributed by atoms with Crippen molar-refractivity contribution in [3.05, 3.63) is 10.9 Å². The van der Waals surface area contributed by atoms with Gasteiger partial charge in [0.1, 0.15) is 10.6 Å². The van der Waals surface area contributed by atoms with Crippen LogP contribution in [0.15, 0.2) is 6.07 Å². The summed E-state index contributed by atoms with van der Waals surface area (Å²) in [5, 5.41) is 4.61. The van der Waals surface area contributed by atoms with E-state index in [1.54, 1.807) is 11.3 Å². The maximum absolute atomic E-state index is 5.48. The van der Waals surface area contributed by atoms with Gasteiger partial charge in [-0.2, -0.15) is 4.98 Å². The van der Waals surface area contributed by atoms with E-state index in [1.807, 2.05) is 0 Å². The van der Waals surface area contributed by atoms with Crippen molar-refractivity contribution in [3.63, 3.8) is 0 Å². The van der Waals surface area contributed by atoms with Gasteiger partial charge in [-0.25, -0.2) is 10.8 Å². The van der Waals surface area contributed by atoms with Crippen LogP contribution < -0.4 is 16.6 Å². The predicted octanol–water partition coefficient (Wildman–Crippen LogP) is 3.78. The van der Waals surface area contributed by atoms with Crippen molar-refractivity contribution in [2.24, 2.45) is 11.8 Å². The van der Waals surface area contributed by atoms with Crippen LogP contribution in [0.3, 0.4) is 0 Å². The molecule has 2 rings (SSSR count). The summed E-state index contributed by atoms with van der Waals surface area (Å²) < 4.78 is 0. The normalized spacial score (nSPS) is 14.1. The molecule has 4 N–H and O–H groups in total. The highest BCUT2D eigenvalue weighted by Crippen LogP contribution is 2.31. The van der Waals surface area contributed by atoms with E-state index in [1.165, 1.54) is 11.3 Å². The second kappa shape index (κ2) is 7.04. The molecule has 0 fully saturated rings. The minimum absolute atomic E-state index is 0.369. The fourth-order valence-electron chi connectivity index (χ4n) is 2.38. The molecule has 0 saturated heterocycles. The van der Waals surface area contributed by atoms with Gasteiger partial charge in [-0.15, -0.1) is 11.3 Å². The summed E-state index contributed by atoms with van der Waals surface area (Å²) >= 11 is 1.70. The van der Waals surface area contributed by atoms with Crippen LogP contribution in [0.1, 0.15) is 45.4 Å². The van der Waals surface area contributed by atoms with Gasteiger partial charge in [-0.05, 0) is 31.7 Å². The van der Waals surface area contributed by atoms with Crippen molar-refractivity contribution in [1.82, 2.24) is 9.97 Å². The number of thiophene rings is 1. The Morgan fingerprint density at radius 1 is 1.29 bits per heavy atom. The maximum atomic E-state index is 5.48. The van der Waals surface area contributed by atoms with Crippen LogP contribution in [0.5, 0.6) is 0 Å². The molecule has 0 saturated carbocycles. The summed E-state index contributed by atoms with van der Waals surface area (Å²) in [6, 6.07) is 2.55. The molecule has 2 aromatic heterocycles. The molecule has 0 bridgehead atoms. The molecule has 0 aliphatic carbocycles. The zero-order valence-electron chi connectivity index (χ0n) is 13.2. The largest absolute Gasteiger partial charge is 0.367 e. The smallest absolute Gasteiger partial charge is 0.240 e. The lowest BCUT2D eigenvalue weighted by molar-refractivity contribution is 0.483. The molecule has 0 aromatic carbocycles. The van der Waals surface area contributed by atoms with Crippen LogP contribution in [0.2, 0.25) is 0 Å². The van der Waals surface area contributed by atoms with Crippen molar-refractivity contribution in [2.45, 2.75) is 53.0 Å². The second-order valence-corrected chi connectivity index (χ2v) is 6.73. The molecule has 5 nitrogen and oxygen atoms in total. The minimum Gasteiger partial charge on any atom is -0.367 e. The first-order valence-corrected chi connectivity index (χ1v) is 8.42. The lowest BCUT2D eigenvalue weighted by atomic mass is 10.0. The van der Waals surface area contributed by atoms with Gasteiger partial charge in [0.25, 0.3) is 0 Å². The zero-order valence-corrected chi connectivity index (χ0v) is 14.0. The van der Waals surface area contributed by atoms with Gasteiger partial charge in [0.15, 0.2) is 0 Å². The highest BCUT2D eigenvalue weighted by Gasteiger charge is 2.14. The van der Waals surface area contributed by atoms with Crippen molar-refractivity contribution in [2.75, 3.05) is 10.7 Å². The number of aryl methyl sites for hydroxylation is 1. The van der Waals surface area contributed by atoms with Crippen LogP contribution in [0.4, 0.5) is 11.8 Å². The molecule has 6 heteroatoms. The van der Waals surface area contributed by atoms with Gasteiger partial charge >= 0.3 is 0 Å². The topological polar surface area (TPSA) is 75.9 Å². The second-order valence-electron chi connectivity index (χ2n) is 5.62. The van der Waals surface area contributed by atoms with E-state index in [4.69, 9.17) is 5.84 Å². The number of nitrogens with two attached hydrogens (primary N) is 1. The highest BCUT2D eigenvalue weighted by molar-refractivity contribution is 7.18. The Hall–Kier alpha value is -1.40. The molecule has 2 unspecified atom stereocenters. The van der Waals surface area contributed by atoms with Crippen molar-refractivity contribution in [3.8, 4) is 0 Å². The number of nitrogens with one attached hydrogen (secondary N) is 2. The average Bonchev–Trinajstić information content (AvgIpc) is 2.90. The summed E-state index contributed by atoms with van der Waals surface area (Å²) in [6.07, 6.45) is 3.33. The zero-order chi connectivity index (χ0) is 15.4. The van der Waals surface area contributed by atoms with Crippen molar-refractivity contribution < 1.29 is 0 Å². The summed E-state index contributed by atoms with van der Waals surface area (Å²) in [6.45, 7) is 8.85. The third-order valence-electron chi connectivity index (χ3n) is 3.76. The molecular weight excluding hydrogens is 282 g/mol. The van der Waals surface area contributed by atoms with Gasteiger partial charge in [0, 0.05) is 10.9 Å². The molecular formula is C15H25N5S. The third-order valence-corrected chi connectivity index (χ3v) is 4.93. The van der Waals surface area contributed by atoms with Crippen LogP contribution in [0.25, 0.3) is 10.2 Å². The Kier molecular flexibility index (Phi) is 5.36. The van der Waals surface area contributed by atoms with Gasteiger partial charge < -0.3 is 5.32 Å². The van der Waals surface area contributed by atoms with E-state index in [9.17, 15) is 0 Å². The number of aromatic nitrogens is 2. The molecule has 2 atom stereocenters. The van der Waals surface area contributed by atoms with Crippen molar-refractivity contribution in [1.29, 1.82) is 0 Å². The number of hydrogen-bond acceptors (Lipinski definition) is 6. The van der Waals surface area contributed by atoms with Gasteiger partial charge in [0.2, 0.25) is 5.95 Å². The first kappa shape index (κ1) is 16.0. The number of rotatable bonds is 7. The van der Waals surface area contributed by atoms with Crippen LogP contribution in [-0.4, -0.2) is 16.0 Å². The number of nitrogen functional groups attached to an aromatic ring is 1. The number of hydrogen-bond donors (Lipinski definition) is 3. The van der Waals surface area contributed by atoms with Crippen LogP contribution in [0, 0.1) is 5.92 Å². The van der Waals surface area contributed by atoms with E-state index < -0.39 is 0 Å². The van der Waals surface area contributed by atoms with E-state index in [0.29, 0.717) is 17.9 Å². The lowest BCUT2D eigenvalue weighted by Crippen LogP contribution is -2.20. The molecule has 0 aliphatic rings. The first-order chi connectivity index (χ1) is 10.1. The molecule has 0 aliphatic heterocycles. The lowest BCUT2D eigenvalue weighted by Gasteiger charge is -2.18. The highest BCUT2D eigenvalue weighted by atomic mass is 32.1. The van der Waals surface area contributed by atoms with E-state index >= 15 is 0 Å². The summed E-state index contributed by atoms with van der Waals surface area (Å²) in [5.74, 6) is 7.52. The Balaban J connectivity index is 2.30. The monoisotopic (exact) mass is 307 g/mol. The first-order valence-electron chi connectivity index (χ1n) is 7.60. The quantitative estimate of drug-likeness (QED) is 0.536. The predicted molar refractivity (Wildman–Crippen MR) is 91.8 cm³/mol. The van der Waals surface area contributed by atoms with E-state index in [2.05, 4.69) is 54.5 Å². The molecule has 21 heavy (non-hydrogen) atoms.